The van der Waals surface area contributed by atoms with Crippen molar-refractivity contribution in [2.45, 2.75) is 6.04 Å². The quantitative estimate of drug-likeness (QED) is 0.467. The number of benzene rings is 2. The van der Waals surface area contributed by atoms with Crippen molar-refractivity contribution in [1.82, 2.24) is 14.1 Å². The van der Waals surface area contributed by atoms with Crippen molar-refractivity contribution >= 4 is 45.3 Å². The molecule has 1 unspecified atom stereocenters. The Bertz CT molecular complexity index is 1520. The summed E-state index contributed by atoms with van der Waals surface area (Å²) < 4.78 is 15.5. The third-order valence-corrected chi connectivity index (χ3v) is 6.29. The first-order chi connectivity index (χ1) is 16.0. The molecule has 1 atom stereocenters. The SMILES string of the molecule is CN=CC(=CN)c1c(OC)cc2ncc3c4c2c1OCC(c1ccc(Cl)cc1)n4c(=O)n3C. The number of rotatable bonds is 4. The van der Waals surface area contributed by atoms with E-state index in [4.69, 9.17) is 26.8 Å². The molecule has 3 heterocycles. The lowest BCUT2D eigenvalue weighted by molar-refractivity contribution is 0.276. The summed E-state index contributed by atoms with van der Waals surface area (Å²) in [6.07, 6.45) is 4.82. The highest BCUT2D eigenvalue weighted by atomic mass is 35.5. The predicted molar refractivity (Wildman–Crippen MR) is 131 cm³/mol. The van der Waals surface area contributed by atoms with E-state index in [1.54, 1.807) is 42.8 Å². The fourth-order valence-electron chi connectivity index (χ4n) is 4.49. The molecule has 2 N–H and O–H groups in total. The first-order valence-electron chi connectivity index (χ1n) is 10.3. The van der Waals surface area contributed by atoms with E-state index < -0.39 is 0 Å². The zero-order valence-corrected chi connectivity index (χ0v) is 19.1. The molecule has 2 aromatic heterocycles. The van der Waals surface area contributed by atoms with Crippen LogP contribution < -0.4 is 20.9 Å². The van der Waals surface area contributed by atoms with Crippen molar-refractivity contribution in [2.75, 3.05) is 20.8 Å². The highest BCUT2D eigenvalue weighted by Gasteiger charge is 2.31. The average molecular weight is 464 g/mol. The van der Waals surface area contributed by atoms with Crippen molar-refractivity contribution in [3.8, 4) is 11.5 Å². The van der Waals surface area contributed by atoms with Crippen molar-refractivity contribution in [3.05, 3.63) is 69.4 Å². The van der Waals surface area contributed by atoms with Crippen LogP contribution in [-0.2, 0) is 7.05 Å². The standard InChI is InChI=1S/C24H22ClN5O3/c1-27-10-14(9-26)20-19(32-3)8-16-21-22-17(11-28-16)29(2)24(31)30(22)18(12-33-23(20)21)13-4-6-15(25)7-5-13/h4-11,18H,12,26H2,1-3H3. The number of imidazole rings is 1. The zero-order chi connectivity index (χ0) is 23.3. The Morgan fingerprint density at radius 1 is 1.36 bits per heavy atom. The van der Waals surface area contributed by atoms with Gasteiger partial charge in [-0.25, -0.2) is 4.79 Å². The van der Waals surface area contributed by atoms with Gasteiger partial charge in [-0.05, 0) is 17.7 Å². The van der Waals surface area contributed by atoms with Gasteiger partial charge in [0.15, 0.2) is 0 Å². The lowest BCUT2D eigenvalue weighted by Gasteiger charge is -2.19. The third-order valence-electron chi connectivity index (χ3n) is 6.03. The summed E-state index contributed by atoms with van der Waals surface area (Å²) in [5, 5.41) is 1.35. The Hall–Kier alpha value is -3.78. The fourth-order valence-corrected chi connectivity index (χ4v) is 4.61. The molecule has 1 aliphatic heterocycles. The van der Waals surface area contributed by atoms with Crippen LogP contribution in [0.25, 0.3) is 27.5 Å². The van der Waals surface area contributed by atoms with E-state index in [1.807, 2.05) is 30.3 Å². The number of allylic oxidation sites excluding steroid dienone is 1. The summed E-state index contributed by atoms with van der Waals surface area (Å²) in [5.74, 6) is 1.10. The Kier molecular flexibility index (Phi) is 5.09. The number of methoxy groups -OCH3 is 1. The first-order valence-corrected chi connectivity index (χ1v) is 10.7. The minimum absolute atomic E-state index is 0.155. The van der Waals surface area contributed by atoms with Gasteiger partial charge in [0.2, 0.25) is 0 Å². The molecule has 0 aliphatic carbocycles. The van der Waals surface area contributed by atoms with Crippen LogP contribution in [0.5, 0.6) is 11.5 Å². The number of hydrogen-bond donors (Lipinski definition) is 1. The van der Waals surface area contributed by atoms with E-state index >= 15 is 0 Å². The maximum atomic E-state index is 13.4. The number of aliphatic imine (C=N–C) groups is 1. The van der Waals surface area contributed by atoms with Crippen LogP contribution in [0.2, 0.25) is 5.02 Å². The lowest BCUT2D eigenvalue weighted by Crippen LogP contribution is -2.29. The summed E-state index contributed by atoms with van der Waals surface area (Å²) in [7, 11) is 4.99. The van der Waals surface area contributed by atoms with Gasteiger partial charge in [-0.1, -0.05) is 23.7 Å². The molecule has 5 rings (SSSR count). The van der Waals surface area contributed by atoms with Gasteiger partial charge in [-0.2, -0.15) is 0 Å². The molecule has 0 amide bonds. The van der Waals surface area contributed by atoms with Gasteiger partial charge < -0.3 is 15.2 Å². The molecule has 1 aliphatic rings. The summed E-state index contributed by atoms with van der Waals surface area (Å²) in [6, 6.07) is 8.89. The molecule has 9 heteroatoms. The van der Waals surface area contributed by atoms with Crippen molar-refractivity contribution < 1.29 is 9.47 Å². The van der Waals surface area contributed by atoms with Gasteiger partial charge in [0.05, 0.1) is 46.8 Å². The molecule has 0 saturated heterocycles. The molecule has 33 heavy (non-hydrogen) atoms. The maximum Gasteiger partial charge on any atom is 0.329 e. The largest absolute Gasteiger partial charge is 0.496 e. The van der Waals surface area contributed by atoms with Crippen molar-refractivity contribution in [2.24, 2.45) is 17.8 Å². The Labute approximate surface area is 194 Å². The van der Waals surface area contributed by atoms with E-state index in [0.717, 1.165) is 16.5 Å². The van der Waals surface area contributed by atoms with E-state index in [1.165, 1.54) is 6.20 Å². The molecule has 8 nitrogen and oxygen atoms in total. The number of nitrogens with two attached hydrogens (primary N) is 1. The maximum absolute atomic E-state index is 13.4. The number of aryl methyl sites for hydroxylation is 1. The van der Waals surface area contributed by atoms with Crippen LogP contribution in [0.1, 0.15) is 17.2 Å². The van der Waals surface area contributed by atoms with E-state index in [9.17, 15) is 4.79 Å². The van der Waals surface area contributed by atoms with Crippen molar-refractivity contribution in [1.29, 1.82) is 0 Å². The predicted octanol–water partition coefficient (Wildman–Crippen LogP) is 3.53. The lowest BCUT2D eigenvalue weighted by atomic mass is 10.0. The number of halogens is 1. The van der Waals surface area contributed by atoms with E-state index in [2.05, 4.69) is 9.98 Å². The number of nitrogens with zero attached hydrogens (tertiary/aromatic N) is 4. The smallest absolute Gasteiger partial charge is 0.329 e. The van der Waals surface area contributed by atoms with Crippen LogP contribution in [0.3, 0.4) is 0 Å². The van der Waals surface area contributed by atoms with Gasteiger partial charge in [-0.3, -0.25) is 19.1 Å². The Morgan fingerprint density at radius 2 is 2.12 bits per heavy atom. The molecule has 0 fully saturated rings. The van der Waals surface area contributed by atoms with Crippen LogP contribution in [0, 0.1) is 0 Å². The fraction of sp³-hybridized carbons (Fsp3) is 0.208. The second kappa shape index (κ2) is 7.97. The van der Waals surface area contributed by atoms with Crippen LogP contribution >= 0.6 is 11.6 Å². The highest BCUT2D eigenvalue weighted by molar-refractivity contribution is 6.30. The molecular formula is C24H22ClN5O3. The number of aromatic nitrogens is 3. The topological polar surface area (TPSA) is 96.7 Å². The highest BCUT2D eigenvalue weighted by Crippen LogP contribution is 2.45. The summed E-state index contributed by atoms with van der Waals surface area (Å²) >= 11 is 6.12. The Balaban J connectivity index is 1.93. The van der Waals surface area contributed by atoms with Crippen LogP contribution in [0.15, 0.2) is 52.5 Å². The molecule has 0 bridgehead atoms. The molecule has 2 aromatic carbocycles. The van der Waals surface area contributed by atoms with Gasteiger partial charge in [0.25, 0.3) is 0 Å². The summed E-state index contributed by atoms with van der Waals surface area (Å²) in [5.41, 5.74) is 10.1. The van der Waals surface area contributed by atoms with Gasteiger partial charge in [-0.15, -0.1) is 0 Å². The second-order valence-corrected chi connectivity index (χ2v) is 8.20. The van der Waals surface area contributed by atoms with Gasteiger partial charge >= 0.3 is 5.69 Å². The van der Waals surface area contributed by atoms with Crippen LogP contribution in [0.4, 0.5) is 0 Å². The number of ether oxygens (including phenoxy) is 2. The monoisotopic (exact) mass is 463 g/mol. The van der Waals surface area contributed by atoms with Crippen LogP contribution in [-0.4, -0.2) is 41.1 Å². The minimum Gasteiger partial charge on any atom is -0.496 e. The molecule has 4 aromatic rings. The van der Waals surface area contributed by atoms with Gasteiger partial charge in [0.1, 0.15) is 18.1 Å². The normalized spacial score (nSPS) is 16.0. The van der Waals surface area contributed by atoms with E-state index in [-0.39, 0.29) is 18.3 Å². The number of pyridine rings is 1. The zero-order valence-electron chi connectivity index (χ0n) is 18.4. The third kappa shape index (κ3) is 3.09. The second-order valence-electron chi connectivity index (χ2n) is 7.77. The number of hydrogen-bond acceptors (Lipinski definition) is 6. The minimum atomic E-state index is -0.375. The van der Waals surface area contributed by atoms with Gasteiger partial charge in [0, 0.05) is 43.2 Å². The molecule has 0 saturated carbocycles. The summed E-state index contributed by atoms with van der Waals surface area (Å²) in [6.45, 7) is 0.214. The molecule has 0 radical (unpaired) electrons. The molecule has 0 spiro atoms. The van der Waals surface area contributed by atoms with E-state index in [0.29, 0.717) is 38.7 Å². The molecule has 168 valence electrons. The average Bonchev–Trinajstić information content (AvgIpc) is 2.96. The molecular weight excluding hydrogens is 442 g/mol. The first kappa shape index (κ1) is 21.1. The van der Waals surface area contributed by atoms with Crippen molar-refractivity contribution in [3.63, 3.8) is 0 Å². The summed E-state index contributed by atoms with van der Waals surface area (Å²) in [4.78, 5) is 22.2. The Morgan fingerprint density at radius 3 is 2.79 bits per heavy atom.